The summed E-state index contributed by atoms with van der Waals surface area (Å²) in [5, 5.41) is 3.09. The van der Waals surface area contributed by atoms with Crippen molar-refractivity contribution in [2.45, 2.75) is 32.2 Å². The zero-order valence-corrected chi connectivity index (χ0v) is 19.1. The lowest BCUT2D eigenvalue weighted by Crippen LogP contribution is -2.49. The third-order valence-corrected chi connectivity index (χ3v) is 6.86. The molecule has 1 aromatic carbocycles. The minimum absolute atomic E-state index is 0.00355. The highest BCUT2D eigenvalue weighted by molar-refractivity contribution is 5.91. The molecule has 0 atom stereocenters. The van der Waals surface area contributed by atoms with Crippen LogP contribution in [0.5, 0.6) is 0 Å². The maximum atomic E-state index is 12.9. The zero-order valence-electron chi connectivity index (χ0n) is 19.1. The molecular weight excluding hydrogens is 414 g/mol. The summed E-state index contributed by atoms with van der Waals surface area (Å²) >= 11 is 0. The number of urea groups is 1. The van der Waals surface area contributed by atoms with Gasteiger partial charge in [-0.1, -0.05) is 18.2 Å². The quantitative estimate of drug-likeness (QED) is 0.668. The number of fused-ring (bicyclic) bond motifs is 1. The fourth-order valence-corrected chi connectivity index (χ4v) is 4.89. The molecule has 2 amide bonds. The Morgan fingerprint density at radius 3 is 2.61 bits per heavy atom. The van der Waals surface area contributed by atoms with Crippen LogP contribution in [-0.2, 0) is 13.5 Å². The van der Waals surface area contributed by atoms with Gasteiger partial charge in [-0.3, -0.25) is 4.79 Å². The van der Waals surface area contributed by atoms with Crippen LogP contribution in [0, 0.1) is 6.92 Å². The average Bonchev–Trinajstić information content (AvgIpc) is 2.99. The molecule has 1 saturated heterocycles. The molecule has 33 heavy (non-hydrogen) atoms. The molecule has 0 radical (unpaired) electrons. The number of piperidine rings is 1. The molecule has 0 saturated carbocycles. The molecule has 2 aliphatic rings. The van der Waals surface area contributed by atoms with E-state index in [1.54, 1.807) is 17.7 Å². The Bertz CT molecular complexity index is 1240. The summed E-state index contributed by atoms with van der Waals surface area (Å²) in [4.78, 5) is 33.7. The zero-order chi connectivity index (χ0) is 22.9. The van der Waals surface area contributed by atoms with Gasteiger partial charge in [0.1, 0.15) is 5.82 Å². The number of carbonyl (C=O) groups is 1. The van der Waals surface area contributed by atoms with Gasteiger partial charge < -0.3 is 19.7 Å². The summed E-state index contributed by atoms with van der Waals surface area (Å²) in [6.45, 7) is 4.49. The lowest BCUT2D eigenvalue weighted by molar-refractivity contribution is 0.177. The predicted molar refractivity (Wildman–Crippen MR) is 131 cm³/mol. The van der Waals surface area contributed by atoms with Crippen LogP contribution in [0.2, 0.25) is 0 Å². The van der Waals surface area contributed by atoms with Crippen LogP contribution in [0.15, 0.2) is 59.7 Å². The molecule has 0 aliphatic carbocycles. The number of carbonyl (C=O) groups excluding carboxylic acids is 1. The summed E-state index contributed by atoms with van der Waals surface area (Å²) in [5.74, 6) is 0.940. The van der Waals surface area contributed by atoms with Gasteiger partial charge in [0.15, 0.2) is 0 Å². The minimum Gasteiger partial charge on any atom is -0.356 e. The topological polar surface area (TPSA) is 70.5 Å². The number of para-hydroxylation sites is 1. The SMILES string of the molecule is Cc1cnc(N2CCC(N3CCc4ccccc4NC3=O)CC2)cc1-c1ccc(=O)n(C)c1. The molecular formula is C26H29N5O2. The van der Waals surface area contributed by atoms with Crippen LogP contribution in [0.1, 0.15) is 24.0 Å². The van der Waals surface area contributed by atoms with Crippen LogP contribution in [0.25, 0.3) is 11.1 Å². The first-order chi connectivity index (χ1) is 16.0. The highest BCUT2D eigenvalue weighted by atomic mass is 16.2. The molecule has 4 heterocycles. The van der Waals surface area contributed by atoms with Gasteiger partial charge in [0, 0.05) is 56.9 Å². The second-order valence-electron chi connectivity index (χ2n) is 8.97. The second-order valence-corrected chi connectivity index (χ2v) is 8.97. The molecule has 1 fully saturated rings. The molecule has 3 aromatic rings. The van der Waals surface area contributed by atoms with E-state index in [0.29, 0.717) is 0 Å². The van der Waals surface area contributed by atoms with Crippen LogP contribution >= 0.6 is 0 Å². The average molecular weight is 444 g/mol. The van der Waals surface area contributed by atoms with Crippen LogP contribution in [0.3, 0.4) is 0 Å². The number of aromatic nitrogens is 2. The first kappa shape index (κ1) is 21.2. The second kappa shape index (κ2) is 8.73. The number of pyridine rings is 2. The lowest BCUT2D eigenvalue weighted by atomic mass is 10.0. The van der Waals surface area contributed by atoms with E-state index >= 15 is 0 Å². The third-order valence-electron chi connectivity index (χ3n) is 6.86. The normalized spacial score (nSPS) is 16.8. The van der Waals surface area contributed by atoms with Gasteiger partial charge in [0.2, 0.25) is 5.56 Å². The van der Waals surface area contributed by atoms with Crippen molar-refractivity contribution < 1.29 is 4.79 Å². The van der Waals surface area contributed by atoms with Gasteiger partial charge in [0.05, 0.1) is 0 Å². The van der Waals surface area contributed by atoms with E-state index in [9.17, 15) is 9.59 Å². The number of anilines is 2. The number of nitrogens with one attached hydrogen (secondary N) is 1. The first-order valence-corrected chi connectivity index (χ1v) is 11.5. The Morgan fingerprint density at radius 2 is 1.82 bits per heavy atom. The highest BCUT2D eigenvalue weighted by Gasteiger charge is 2.30. The molecule has 0 bridgehead atoms. The van der Waals surface area contributed by atoms with Crippen LogP contribution in [0.4, 0.5) is 16.3 Å². The number of benzene rings is 1. The number of hydrogen-bond acceptors (Lipinski definition) is 4. The van der Waals surface area contributed by atoms with Crippen molar-refractivity contribution in [1.82, 2.24) is 14.5 Å². The smallest absolute Gasteiger partial charge is 0.322 e. The number of aryl methyl sites for hydroxylation is 2. The fraction of sp³-hybridized carbons (Fsp3) is 0.346. The Hall–Kier alpha value is -3.61. The Labute approximate surface area is 193 Å². The summed E-state index contributed by atoms with van der Waals surface area (Å²) in [7, 11) is 1.77. The highest BCUT2D eigenvalue weighted by Crippen LogP contribution is 2.29. The molecule has 0 spiro atoms. The number of nitrogens with zero attached hydrogens (tertiary/aromatic N) is 4. The van der Waals surface area contributed by atoms with Crippen molar-refractivity contribution in [3.8, 4) is 11.1 Å². The third kappa shape index (κ3) is 4.23. The van der Waals surface area contributed by atoms with Gasteiger partial charge in [0.25, 0.3) is 0 Å². The van der Waals surface area contributed by atoms with Crippen molar-refractivity contribution in [1.29, 1.82) is 0 Å². The van der Waals surface area contributed by atoms with Gasteiger partial charge in [-0.15, -0.1) is 0 Å². The maximum absolute atomic E-state index is 12.9. The Balaban J connectivity index is 1.29. The largest absolute Gasteiger partial charge is 0.356 e. The number of amides is 2. The van der Waals surface area contributed by atoms with Gasteiger partial charge in [-0.05, 0) is 66.6 Å². The summed E-state index contributed by atoms with van der Waals surface area (Å²) < 4.78 is 1.60. The van der Waals surface area contributed by atoms with E-state index in [1.165, 1.54) is 5.56 Å². The molecule has 7 heteroatoms. The van der Waals surface area contributed by atoms with E-state index in [1.807, 2.05) is 48.5 Å². The van der Waals surface area contributed by atoms with Gasteiger partial charge in [-0.2, -0.15) is 0 Å². The molecule has 2 aliphatic heterocycles. The predicted octanol–water partition coefficient (Wildman–Crippen LogP) is 3.81. The molecule has 5 rings (SSSR count). The van der Waals surface area contributed by atoms with Crippen LogP contribution in [-0.4, -0.2) is 46.2 Å². The van der Waals surface area contributed by atoms with E-state index in [-0.39, 0.29) is 17.6 Å². The van der Waals surface area contributed by atoms with Crippen LogP contribution < -0.4 is 15.8 Å². The molecule has 1 N–H and O–H groups in total. The van der Waals surface area contributed by atoms with Crippen molar-refractivity contribution in [2.24, 2.45) is 7.05 Å². The monoisotopic (exact) mass is 443 g/mol. The lowest BCUT2D eigenvalue weighted by Gasteiger charge is -2.38. The number of hydrogen-bond donors (Lipinski definition) is 1. The van der Waals surface area contributed by atoms with E-state index in [4.69, 9.17) is 0 Å². The van der Waals surface area contributed by atoms with Crippen molar-refractivity contribution in [3.05, 3.63) is 76.3 Å². The number of rotatable bonds is 3. The Kier molecular flexibility index (Phi) is 5.62. The summed E-state index contributed by atoms with van der Waals surface area (Å²) in [5.41, 5.74) is 5.27. The molecule has 7 nitrogen and oxygen atoms in total. The van der Waals surface area contributed by atoms with Gasteiger partial charge >= 0.3 is 6.03 Å². The molecule has 0 unspecified atom stereocenters. The van der Waals surface area contributed by atoms with Gasteiger partial charge in [-0.25, -0.2) is 9.78 Å². The Morgan fingerprint density at radius 1 is 1.03 bits per heavy atom. The van der Waals surface area contributed by atoms with Crippen molar-refractivity contribution in [2.75, 3.05) is 29.9 Å². The fourth-order valence-electron chi connectivity index (χ4n) is 4.89. The van der Waals surface area contributed by atoms with E-state index < -0.39 is 0 Å². The molecule has 170 valence electrons. The minimum atomic E-state index is -0.0200. The van der Waals surface area contributed by atoms with Crippen molar-refractivity contribution >= 4 is 17.5 Å². The summed E-state index contributed by atoms with van der Waals surface area (Å²) in [6, 6.07) is 13.9. The first-order valence-electron chi connectivity index (χ1n) is 11.5. The van der Waals surface area contributed by atoms with E-state index in [0.717, 1.165) is 67.1 Å². The summed E-state index contributed by atoms with van der Waals surface area (Å²) in [6.07, 6.45) is 6.47. The maximum Gasteiger partial charge on any atom is 0.322 e. The van der Waals surface area contributed by atoms with E-state index in [2.05, 4.69) is 27.3 Å². The van der Waals surface area contributed by atoms with Crippen molar-refractivity contribution in [3.63, 3.8) is 0 Å². The standard InChI is InChI=1S/C26H29N5O2/c1-18-16-27-24(15-22(18)20-7-8-25(32)29(2)17-20)30-12-10-21(11-13-30)31-14-9-19-5-3-4-6-23(19)28-26(31)33/h3-8,15-17,21H,9-14H2,1-2H3,(H,28,33). The molecule has 2 aromatic heterocycles.